The minimum absolute atomic E-state index is 0.0153. The molecule has 34 heavy (non-hydrogen) atoms. The summed E-state index contributed by atoms with van der Waals surface area (Å²) in [7, 11) is 0. The van der Waals surface area contributed by atoms with Gasteiger partial charge in [-0.15, -0.1) is 10.2 Å². The van der Waals surface area contributed by atoms with Crippen molar-refractivity contribution in [3.8, 4) is 17.2 Å². The minimum atomic E-state index is -4.64. The first-order chi connectivity index (χ1) is 16.1. The molecule has 0 saturated carbocycles. The van der Waals surface area contributed by atoms with Gasteiger partial charge in [0, 0.05) is 43.7 Å². The van der Waals surface area contributed by atoms with Crippen molar-refractivity contribution in [3.63, 3.8) is 0 Å². The highest BCUT2D eigenvalue weighted by Gasteiger charge is 2.36. The Hall–Kier alpha value is -3.90. The normalized spacial score (nSPS) is 16.2. The molecule has 0 radical (unpaired) electrons. The number of amides is 1. The van der Waals surface area contributed by atoms with Crippen molar-refractivity contribution in [1.82, 2.24) is 34.6 Å². The van der Waals surface area contributed by atoms with Gasteiger partial charge in [-0.05, 0) is 24.3 Å². The van der Waals surface area contributed by atoms with Gasteiger partial charge in [-0.1, -0.05) is 0 Å². The molecule has 4 aromatic rings. The Kier molecular flexibility index (Phi) is 5.06. The van der Waals surface area contributed by atoms with Gasteiger partial charge in [-0.3, -0.25) is 14.3 Å². The largest absolute Gasteiger partial charge is 0.451 e. The molecule has 13 heteroatoms. The fourth-order valence-electron chi connectivity index (χ4n) is 3.74. The molecule has 1 aliphatic heterocycles. The molecule has 5 heterocycles. The van der Waals surface area contributed by atoms with Gasteiger partial charge in [0.15, 0.2) is 5.82 Å². The Morgan fingerprint density at radius 2 is 1.79 bits per heavy atom. The SMILES string of the molecule is O=C(c1cnc2c(ccn2-c2ccc(-c3nnc(C(F)(F)F)[nH]3)nc2)c1)N1CCC(F)(F)CC1. The summed E-state index contributed by atoms with van der Waals surface area (Å²) in [5.74, 6) is -4.42. The summed E-state index contributed by atoms with van der Waals surface area (Å²) in [6, 6.07) is 6.50. The number of alkyl halides is 5. The van der Waals surface area contributed by atoms with Crippen LogP contribution in [0.4, 0.5) is 22.0 Å². The van der Waals surface area contributed by atoms with Crippen LogP contribution in [0.3, 0.4) is 0 Å². The standard InChI is InChI=1S/C21H16F5N7O/c22-20(23)4-7-32(8-5-20)18(34)13-9-12-3-6-33(17(12)28-10-13)14-1-2-15(27-11-14)16-29-19(31-30-16)21(24,25)26/h1-3,6,9-11H,4-5,7-8H2,(H,29,30,31). The number of piperidine rings is 1. The number of hydrogen-bond acceptors (Lipinski definition) is 5. The summed E-state index contributed by atoms with van der Waals surface area (Å²) in [5, 5.41) is 7.22. The predicted octanol–water partition coefficient (Wildman–Crippen LogP) is 4.10. The van der Waals surface area contributed by atoms with Crippen LogP contribution in [-0.4, -0.2) is 59.5 Å². The van der Waals surface area contributed by atoms with Crippen molar-refractivity contribution in [2.45, 2.75) is 24.9 Å². The zero-order valence-electron chi connectivity index (χ0n) is 17.4. The van der Waals surface area contributed by atoms with Crippen LogP contribution in [-0.2, 0) is 6.18 Å². The Morgan fingerprint density at radius 3 is 2.44 bits per heavy atom. The first-order valence-corrected chi connectivity index (χ1v) is 10.2. The third-order valence-corrected chi connectivity index (χ3v) is 5.58. The van der Waals surface area contributed by atoms with Crippen LogP contribution in [0.1, 0.15) is 29.0 Å². The number of carbonyl (C=O) groups is 1. The number of aromatic amines is 1. The lowest BCUT2D eigenvalue weighted by Crippen LogP contribution is -2.42. The number of aromatic nitrogens is 6. The molecule has 0 spiro atoms. The third kappa shape index (κ3) is 4.08. The second kappa shape index (κ2) is 7.85. The van der Waals surface area contributed by atoms with Crippen LogP contribution in [0.5, 0.6) is 0 Å². The highest BCUT2D eigenvalue weighted by Crippen LogP contribution is 2.29. The maximum Gasteiger partial charge on any atom is 0.451 e. The van der Waals surface area contributed by atoms with E-state index in [-0.39, 0.29) is 43.4 Å². The molecule has 1 fully saturated rings. The maximum atomic E-state index is 13.4. The number of pyridine rings is 2. The van der Waals surface area contributed by atoms with Gasteiger partial charge in [0.2, 0.25) is 5.82 Å². The van der Waals surface area contributed by atoms with E-state index in [0.717, 1.165) is 0 Å². The molecule has 1 saturated heterocycles. The zero-order chi connectivity index (χ0) is 24.1. The van der Waals surface area contributed by atoms with E-state index < -0.39 is 17.9 Å². The van der Waals surface area contributed by atoms with Gasteiger partial charge in [-0.2, -0.15) is 13.2 Å². The molecule has 0 atom stereocenters. The van der Waals surface area contributed by atoms with Crippen molar-refractivity contribution in [3.05, 3.63) is 54.2 Å². The molecule has 8 nitrogen and oxygen atoms in total. The molecular weight excluding hydrogens is 461 g/mol. The molecule has 1 N–H and O–H groups in total. The van der Waals surface area contributed by atoms with Crippen molar-refractivity contribution in [2.75, 3.05) is 13.1 Å². The fraction of sp³-hybridized carbons (Fsp3) is 0.286. The Morgan fingerprint density at radius 1 is 1.03 bits per heavy atom. The van der Waals surface area contributed by atoms with Gasteiger partial charge in [-0.25, -0.2) is 13.8 Å². The zero-order valence-corrected chi connectivity index (χ0v) is 17.4. The number of carbonyl (C=O) groups excluding carboxylic acids is 1. The lowest BCUT2D eigenvalue weighted by atomic mass is 10.1. The average molecular weight is 477 g/mol. The summed E-state index contributed by atoms with van der Waals surface area (Å²) in [6.45, 7) is -0.0306. The van der Waals surface area contributed by atoms with Gasteiger partial charge in [0.05, 0.1) is 17.4 Å². The number of fused-ring (bicyclic) bond motifs is 1. The van der Waals surface area contributed by atoms with Gasteiger partial charge in [0.1, 0.15) is 11.3 Å². The van der Waals surface area contributed by atoms with E-state index in [1.807, 2.05) is 0 Å². The van der Waals surface area contributed by atoms with E-state index in [4.69, 9.17) is 0 Å². The summed E-state index contributed by atoms with van der Waals surface area (Å²) < 4.78 is 66.6. The smallest absolute Gasteiger partial charge is 0.338 e. The minimum Gasteiger partial charge on any atom is -0.338 e. The quantitative estimate of drug-likeness (QED) is 0.449. The number of rotatable bonds is 3. The van der Waals surface area contributed by atoms with Crippen LogP contribution >= 0.6 is 0 Å². The Balaban J connectivity index is 1.37. The van der Waals surface area contributed by atoms with Gasteiger partial charge < -0.3 is 9.88 Å². The molecule has 1 amide bonds. The molecule has 0 unspecified atom stereocenters. The number of H-pyrrole nitrogens is 1. The van der Waals surface area contributed by atoms with E-state index in [1.165, 1.54) is 23.4 Å². The van der Waals surface area contributed by atoms with Crippen LogP contribution in [0.15, 0.2) is 42.9 Å². The van der Waals surface area contributed by atoms with Crippen LogP contribution in [0.25, 0.3) is 28.2 Å². The highest BCUT2D eigenvalue weighted by atomic mass is 19.4. The molecule has 1 aliphatic rings. The topological polar surface area (TPSA) is 92.6 Å². The third-order valence-electron chi connectivity index (χ3n) is 5.58. The maximum absolute atomic E-state index is 13.4. The molecule has 4 aromatic heterocycles. The number of nitrogens with one attached hydrogen (secondary N) is 1. The monoisotopic (exact) mass is 477 g/mol. The molecular formula is C21H16F5N7O. The lowest BCUT2D eigenvalue weighted by Gasteiger charge is -2.31. The first-order valence-electron chi connectivity index (χ1n) is 10.2. The van der Waals surface area contributed by atoms with Gasteiger partial charge >= 0.3 is 6.18 Å². The Labute approximate surface area is 188 Å². The van der Waals surface area contributed by atoms with Crippen LogP contribution in [0.2, 0.25) is 0 Å². The van der Waals surface area contributed by atoms with E-state index in [2.05, 4.69) is 25.1 Å². The second-order valence-corrected chi connectivity index (χ2v) is 7.89. The van der Waals surface area contributed by atoms with Crippen LogP contribution < -0.4 is 0 Å². The number of nitrogens with zero attached hydrogens (tertiary/aromatic N) is 6. The Bertz CT molecular complexity index is 1350. The summed E-state index contributed by atoms with van der Waals surface area (Å²) >= 11 is 0. The van der Waals surface area contributed by atoms with E-state index in [9.17, 15) is 26.7 Å². The summed E-state index contributed by atoms with van der Waals surface area (Å²) in [5.41, 5.74) is 1.58. The summed E-state index contributed by atoms with van der Waals surface area (Å²) in [6.07, 6.45) is -0.818. The fourth-order valence-corrected chi connectivity index (χ4v) is 3.74. The van der Waals surface area contributed by atoms with E-state index in [0.29, 0.717) is 22.3 Å². The van der Waals surface area contributed by atoms with Crippen molar-refractivity contribution in [2.24, 2.45) is 0 Å². The highest BCUT2D eigenvalue weighted by molar-refractivity contribution is 5.97. The molecule has 176 valence electrons. The van der Waals surface area contributed by atoms with E-state index >= 15 is 0 Å². The number of hydrogen-bond donors (Lipinski definition) is 1. The van der Waals surface area contributed by atoms with Crippen LogP contribution in [0, 0.1) is 0 Å². The molecule has 5 rings (SSSR count). The molecule has 0 aromatic carbocycles. The van der Waals surface area contributed by atoms with Crippen molar-refractivity contribution in [1.29, 1.82) is 0 Å². The first kappa shape index (κ1) is 21.9. The van der Waals surface area contributed by atoms with Crippen molar-refractivity contribution >= 4 is 16.9 Å². The number of likely N-dealkylation sites (tertiary alicyclic amines) is 1. The van der Waals surface area contributed by atoms with Crippen molar-refractivity contribution < 1.29 is 26.7 Å². The van der Waals surface area contributed by atoms with E-state index in [1.54, 1.807) is 29.0 Å². The average Bonchev–Trinajstić information content (AvgIpc) is 3.46. The predicted molar refractivity (Wildman–Crippen MR) is 109 cm³/mol. The summed E-state index contributed by atoms with van der Waals surface area (Å²) in [4.78, 5) is 24.7. The molecule has 0 bridgehead atoms. The number of halogens is 5. The molecule has 0 aliphatic carbocycles. The lowest BCUT2D eigenvalue weighted by molar-refractivity contribution is -0.144. The second-order valence-electron chi connectivity index (χ2n) is 7.89. The van der Waals surface area contributed by atoms with Gasteiger partial charge in [0.25, 0.3) is 11.8 Å².